The van der Waals surface area contributed by atoms with Crippen LogP contribution in [0.15, 0.2) is 43.0 Å². The lowest BCUT2D eigenvalue weighted by Gasteiger charge is -2.13. The van der Waals surface area contributed by atoms with Crippen molar-refractivity contribution in [2.75, 3.05) is 38.2 Å². The van der Waals surface area contributed by atoms with E-state index in [1.807, 2.05) is 6.92 Å². The van der Waals surface area contributed by atoms with Crippen LogP contribution in [0.2, 0.25) is 0 Å². The number of imidazole rings is 1. The molecule has 17 heteroatoms. The lowest BCUT2D eigenvalue weighted by atomic mass is 10.0. The van der Waals surface area contributed by atoms with Crippen molar-refractivity contribution in [2.24, 2.45) is 5.73 Å². The van der Waals surface area contributed by atoms with Crippen molar-refractivity contribution < 1.29 is 42.1 Å². The molecule has 3 heterocycles. The molecule has 0 atom stereocenters. The molecule has 45 heavy (non-hydrogen) atoms. The van der Waals surface area contributed by atoms with E-state index in [0.29, 0.717) is 44.0 Å². The number of hydrogen-bond acceptors (Lipinski definition) is 10. The number of amides is 1. The van der Waals surface area contributed by atoms with Crippen LogP contribution in [0.25, 0.3) is 16.9 Å². The summed E-state index contributed by atoms with van der Waals surface area (Å²) < 4.78 is 54.2. The minimum absolute atomic E-state index is 0.0931. The maximum Gasteiger partial charge on any atom is 0.435 e. The molecule has 1 aromatic carbocycles. The number of nitrogens with zero attached hydrogens (tertiary/aromatic N) is 5. The van der Waals surface area contributed by atoms with Gasteiger partial charge in [0.2, 0.25) is 0 Å². The molecule has 4 rings (SSSR count). The van der Waals surface area contributed by atoms with Gasteiger partial charge in [-0.15, -0.1) is 0 Å². The van der Waals surface area contributed by atoms with E-state index in [1.165, 1.54) is 23.0 Å². The maximum atomic E-state index is 13.9. The van der Waals surface area contributed by atoms with Crippen molar-refractivity contribution in [1.29, 1.82) is 0 Å². The van der Waals surface area contributed by atoms with Gasteiger partial charge >= 0.3 is 12.1 Å². The molecule has 1 amide bonds. The third-order valence-corrected chi connectivity index (χ3v) is 6.12. The summed E-state index contributed by atoms with van der Waals surface area (Å²) in [5.41, 5.74) is 6.23. The van der Waals surface area contributed by atoms with Gasteiger partial charge in [0.15, 0.2) is 17.2 Å². The van der Waals surface area contributed by atoms with E-state index >= 15 is 0 Å². The summed E-state index contributed by atoms with van der Waals surface area (Å²) in [6, 6.07) is 5.19. The molecule has 3 aromatic heterocycles. The van der Waals surface area contributed by atoms with Gasteiger partial charge in [0, 0.05) is 42.9 Å². The normalized spacial score (nSPS) is 11.1. The van der Waals surface area contributed by atoms with Gasteiger partial charge in [-0.1, -0.05) is 6.92 Å². The number of ether oxygens (including phenoxy) is 2. The number of nitrogens with two attached hydrogens (primary N) is 1. The van der Waals surface area contributed by atoms with Crippen LogP contribution in [0.1, 0.15) is 35.5 Å². The number of carbonyl (C=O) groups excluding carboxylic acids is 2. The predicted octanol–water partition coefficient (Wildman–Crippen LogP) is 2.89. The van der Waals surface area contributed by atoms with Crippen LogP contribution in [0.5, 0.6) is 0 Å². The van der Waals surface area contributed by atoms with Crippen LogP contribution >= 0.6 is 0 Å². The zero-order valence-electron chi connectivity index (χ0n) is 24.5. The Labute approximate surface area is 255 Å². The van der Waals surface area contributed by atoms with Gasteiger partial charge in [0.05, 0.1) is 37.3 Å². The van der Waals surface area contributed by atoms with Gasteiger partial charge in [0.1, 0.15) is 6.54 Å². The Morgan fingerprint density at radius 2 is 1.93 bits per heavy atom. The van der Waals surface area contributed by atoms with Crippen LogP contribution < -0.4 is 16.4 Å². The van der Waals surface area contributed by atoms with E-state index < -0.39 is 24.4 Å². The molecule has 0 saturated heterocycles. The fraction of sp³-hybridized carbons (Fsp3) is 0.357. The Balaban J connectivity index is 0.00000177. The largest absolute Gasteiger partial charge is 0.483 e. The molecule has 4 aromatic rings. The molecule has 0 saturated carbocycles. The second-order valence-electron chi connectivity index (χ2n) is 9.12. The first-order valence-electron chi connectivity index (χ1n) is 13.7. The van der Waals surface area contributed by atoms with Crippen molar-refractivity contribution in [1.82, 2.24) is 29.5 Å². The molecule has 242 valence electrons. The van der Waals surface area contributed by atoms with E-state index in [0.717, 1.165) is 16.4 Å². The Hall–Kier alpha value is -5.03. The Bertz CT molecular complexity index is 1600. The van der Waals surface area contributed by atoms with E-state index in [9.17, 15) is 22.8 Å². The van der Waals surface area contributed by atoms with Crippen LogP contribution in [-0.4, -0.2) is 80.5 Å². The smallest absolute Gasteiger partial charge is 0.435 e. The highest BCUT2D eigenvalue weighted by molar-refractivity contribution is 5.96. The number of nitrogens with one attached hydrogen (secondary N) is 2. The van der Waals surface area contributed by atoms with Gasteiger partial charge < -0.3 is 30.9 Å². The molecule has 0 bridgehead atoms. The predicted molar refractivity (Wildman–Crippen MR) is 156 cm³/mol. The molecular weight excluding hydrogens is 601 g/mol. The first kappa shape index (κ1) is 34.5. The van der Waals surface area contributed by atoms with Gasteiger partial charge in [-0.05, 0) is 37.1 Å². The van der Waals surface area contributed by atoms with Crippen molar-refractivity contribution >= 4 is 35.5 Å². The Morgan fingerprint density at radius 3 is 2.60 bits per heavy atom. The average Bonchev–Trinajstić information content (AvgIpc) is 3.62. The highest BCUT2D eigenvalue weighted by atomic mass is 19.4. The van der Waals surface area contributed by atoms with E-state index in [-0.39, 0.29) is 41.7 Å². The zero-order valence-corrected chi connectivity index (χ0v) is 24.5. The summed E-state index contributed by atoms with van der Waals surface area (Å²) in [6.07, 6.45) is 1.11. The minimum Gasteiger partial charge on any atom is -0.483 e. The Morgan fingerprint density at radius 1 is 1.18 bits per heavy atom. The fourth-order valence-corrected chi connectivity index (χ4v) is 4.28. The molecule has 0 unspecified atom stereocenters. The van der Waals surface area contributed by atoms with Crippen molar-refractivity contribution in [3.8, 4) is 11.3 Å². The third kappa shape index (κ3) is 8.99. The number of aromatic nitrogens is 5. The highest BCUT2D eigenvalue weighted by Crippen LogP contribution is 2.37. The van der Waals surface area contributed by atoms with Crippen LogP contribution in [0, 0.1) is 0 Å². The second-order valence-corrected chi connectivity index (χ2v) is 9.12. The summed E-state index contributed by atoms with van der Waals surface area (Å²) >= 11 is 0. The lowest BCUT2D eigenvalue weighted by molar-refractivity contribution is -0.145. The number of fused-ring (bicyclic) bond motifs is 1. The average molecular weight is 635 g/mol. The second kappa shape index (κ2) is 16.2. The standard InChI is InChI=1S/C27H31F3N8O4.CH2O2/c1-3-17-13-18(5-6-19(17)26(40)33-9-12-41-11-7-31)35-24-25-34-14-21(38(25)10-8-32-24)20-15-37(16-22(39)42-4-2)36-23(20)27(28,29)30;2-1-3/h5-6,8,10,13-15H,3-4,7,9,11-12,16,31H2,1-2H3,(H,32,35)(H,33,40);1H,(H,2,3). The first-order valence-corrected chi connectivity index (χ1v) is 13.7. The van der Waals surface area contributed by atoms with Gasteiger partial charge in [-0.3, -0.25) is 23.5 Å². The van der Waals surface area contributed by atoms with Crippen LogP contribution in [0.3, 0.4) is 0 Å². The molecular formula is C28H33F3N8O6. The quantitative estimate of drug-likeness (QED) is 0.0962. The van der Waals surface area contributed by atoms with Crippen molar-refractivity contribution in [2.45, 2.75) is 33.0 Å². The summed E-state index contributed by atoms with van der Waals surface area (Å²) in [4.78, 5) is 41.5. The molecule has 0 fully saturated rings. The number of anilines is 2. The van der Waals surface area contributed by atoms with Crippen molar-refractivity contribution in [3.63, 3.8) is 0 Å². The molecule has 14 nitrogen and oxygen atoms in total. The third-order valence-electron chi connectivity index (χ3n) is 6.12. The highest BCUT2D eigenvalue weighted by Gasteiger charge is 2.38. The molecule has 0 spiro atoms. The number of esters is 1. The monoisotopic (exact) mass is 634 g/mol. The summed E-state index contributed by atoms with van der Waals surface area (Å²) in [5, 5.41) is 16.5. The van der Waals surface area contributed by atoms with Gasteiger partial charge in [0.25, 0.3) is 12.4 Å². The number of carbonyl (C=O) groups is 3. The van der Waals surface area contributed by atoms with Gasteiger partial charge in [-0.2, -0.15) is 18.3 Å². The fourth-order valence-electron chi connectivity index (χ4n) is 4.28. The number of benzene rings is 1. The van der Waals surface area contributed by atoms with Gasteiger partial charge in [-0.25, -0.2) is 9.97 Å². The first-order chi connectivity index (χ1) is 21.6. The molecule has 0 aliphatic heterocycles. The maximum absolute atomic E-state index is 13.9. The van der Waals surface area contributed by atoms with Crippen LogP contribution in [0.4, 0.5) is 24.7 Å². The summed E-state index contributed by atoms with van der Waals surface area (Å²) in [6.45, 7) is 4.40. The van der Waals surface area contributed by atoms with E-state index in [2.05, 4.69) is 25.7 Å². The molecule has 0 radical (unpaired) electrons. The van der Waals surface area contributed by atoms with Crippen LogP contribution in [-0.2, 0) is 38.2 Å². The molecule has 5 N–H and O–H groups in total. The van der Waals surface area contributed by atoms with E-state index in [1.54, 1.807) is 25.1 Å². The SMILES string of the molecule is CCOC(=O)Cn1cc(-c2cnc3c(Nc4ccc(C(=O)NCCOCCN)c(CC)c4)nccn23)c(C(F)(F)F)n1.O=CO. The van der Waals surface area contributed by atoms with Crippen molar-refractivity contribution in [3.05, 3.63) is 59.8 Å². The minimum atomic E-state index is -4.78. The number of carboxylic acid groups (broad SMARTS) is 1. The summed E-state index contributed by atoms with van der Waals surface area (Å²) in [7, 11) is 0. The Kier molecular flexibility index (Phi) is 12.4. The molecule has 0 aliphatic carbocycles. The number of halogens is 3. The number of alkyl halides is 3. The number of hydrogen-bond donors (Lipinski definition) is 4. The summed E-state index contributed by atoms with van der Waals surface area (Å²) in [5.74, 6) is -0.662. The lowest BCUT2D eigenvalue weighted by Crippen LogP contribution is -2.28. The number of rotatable bonds is 13. The zero-order chi connectivity index (χ0) is 33.0. The number of aryl methyl sites for hydroxylation is 1. The molecule has 0 aliphatic rings. The van der Waals surface area contributed by atoms with E-state index in [4.69, 9.17) is 25.1 Å². The topological polar surface area (TPSA) is 188 Å².